The monoisotopic (exact) mass is 415 g/mol. The van der Waals surface area contributed by atoms with Crippen molar-refractivity contribution in [3.05, 3.63) is 64.1 Å². The van der Waals surface area contributed by atoms with Crippen LogP contribution in [-0.2, 0) is 9.59 Å². The molecule has 1 fully saturated rings. The molecule has 1 atom stereocenters. The number of carbonyl (C=O) groups excluding carboxylic acids is 3. The summed E-state index contributed by atoms with van der Waals surface area (Å²) in [6.07, 6.45) is 0.113. The quantitative estimate of drug-likeness (QED) is 0.756. The van der Waals surface area contributed by atoms with E-state index in [4.69, 9.17) is 0 Å². The van der Waals surface area contributed by atoms with Crippen LogP contribution in [-0.4, -0.2) is 24.3 Å². The summed E-state index contributed by atoms with van der Waals surface area (Å²) in [5, 5.41) is 0. The summed E-state index contributed by atoms with van der Waals surface area (Å²) in [6.45, 7) is 2.21. The van der Waals surface area contributed by atoms with Crippen molar-refractivity contribution in [3.8, 4) is 0 Å². The minimum absolute atomic E-state index is 0.113. The molecule has 6 nitrogen and oxygen atoms in total. The number of aryl methyl sites for hydroxylation is 1. The summed E-state index contributed by atoms with van der Waals surface area (Å²) in [5.74, 6) is -1.40. The maximum atomic E-state index is 12.3. The van der Waals surface area contributed by atoms with Crippen molar-refractivity contribution >= 4 is 39.3 Å². The van der Waals surface area contributed by atoms with Gasteiger partial charge in [-0.2, -0.15) is 0 Å². The smallest absolute Gasteiger partial charge is 0.269 e. The molecule has 0 aliphatic carbocycles. The van der Waals surface area contributed by atoms with Crippen LogP contribution in [0, 0.1) is 12.8 Å². The van der Waals surface area contributed by atoms with Gasteiger partial charge in [-0.05, 0) is 43.3 Å². The van der Waals surface area contributed by atoms with E-state index in [1.165, 1.54) is 0 Å². The average molecular weight is 416 g/mol. The van der Waals surface area contributed by atoms with Gasteiger partial charge in [0.25, 0.3) is 5.91 Å². The van der Waals surface area contributed by atoms with Crippen molar-refractivity contribution in [2.45, 2.75) is 13.3 Å². The largest absolute Gasteiger partial charge is 0.312 e. The second kappa shape index (κ2) is 7.70. The van der Waals surface area contributed by atoms with Crippen LogP contribution in [0.2, 0.25) is 0 Å². The van der Waals surface area contributed by atoms with Crippen LogP contribution in [0.15, 0.2) is 53.0 Å². The summed E-state index contributed by atoms with van der Waals surface area (Å²) in [7, 11) is 0. The van der Waals surface area contributed by atoms with Crippen LogP contribution in [0.5, 0.6) is 0 Å². The van der Waals surface area contributed by atoms with Crippen molar-refractivity contribution in [1.82, 2.24) is 10.9 Å². The maximum Gasteiger partial charge on any atom is 0.269 e. The van der Waals surface area contributed by atoms with Crippen molar-refractivity contribution in [3.63, 3.8) is 0 Å². The lowest BCUT2D eigenvalue weighted by Gasteiger charge is -2.17. The summed E-state index contributed by atoms with van der Waals surface area (Å²) >= 11 is 3.35. The Bertz CT molecular complexity index is 834. The lowest BCUT2D eigenvalue weighted by atomic mass is 10.1. The molecule has 134 valence electrons. The molecule has 3 amide bonds. The number of benzene rings is 2. The molecule has 0 radical (unpaired) electrons. The Kier molecular flexibility index (Phi) is 5.37. The van der Waals surface area contributed by atoms with Crippen LogP contribution >= 0.6 is 15.9 Å². The average Bonchev–Trinajstić information content (AvgIpc) is 3.02. The van der Waals surface area contributed by atoms with Gasteiger partial charge in [0.05, 0.1) is 5.92 Å². The number of rotatable bonds is 3. The Morgan fingerprint density at radius 1 is 1.04 bits per heavy atom. The number of hydrazine groups is 1. The standard InChI is InChI=1S/C19H18BrN3O3/c1-12-2-4-13(5-3-12)18(25)21-22-19(26)14-10-17(24)23(11-14)16-8-6-15(20)7-9-16/h2-9,14H,10-11H2,1H3,(H,21,25)(H,22,26)/t14-/m1/s1. The molecule has 0 aromatic heterocycles. The first-order valence-corrected chi connectivity index (χ1v) is 8.96. The molecule has 2 aromatic rings. The number of hydrogen-bond donors (Lipinski definition) is 2. The first-order chi connectivity index (χ1) is 12.4. The van der Waals surface area contributed by atoms with E-state index in [2.05, 4.69) is 26.8 Å². The van der Waals surface area contributed by atoms with Gasteiger partial charge >= 0.3 is 0 Å². The van der Waals surface area contributed by atoms with E-state index in [1.54, 1.807) is 17.0 Å². The molecule has 1 aliphatic heterocycles. The zero-order valence-electron chi connectivity index (χ0n) is 14.2. The number of amides is 3. The van der Waals surface area contributed by atoms with Crippen LogP contribution in [0.3, 0.4) is 0 Å². The van der Waals surface area contributed by atoms with Crippen LogP contribution in [0.4, 0.5) is 5.69 Å². The van der Waals surface area contributed by atoms with Gasteiger partial charge in [-0.3, -0.25) is 25.2 Å². The third kappa shape index (κ3) is 4.11. The molecule has 2 aromatic carbocycles. The molecule has 0 bridgehead atoms. The fourth-order valence-electron chi connectivity index (χ4n) is 2.75. The molecular formula is C19H18BrN3O3. The molecule has 0 unspecified atom stereocenters. The predicted molar refractivity (Wildman–Crippen MR) is 101 cm³/mol. The highest BCUT2D eigenvalue weighted by atomic mass is 79.9. The van der Waals surface area contributed by atoms with Crippen LogP contribution in [0.25, 0.3) is 0 Å². The summed E-state index contributed by atoms with van der Waals surface area (Å²) in [6, 6.07) is 14.3. The van der Waals surface area contributed by atoms with Gasteiger partial charge in [0.2, 0.25) is 11.8 Å². The van der Waals surface area contributed by atoms with Crippen molar-refractivity contribution in [2.75, 3.05) is 11.4 Å². The highest BCUT2D eigenvalue weighted by molar-refractivity contribution is 9.10. The third-order valence-electron chi connectivity index (χ3n) is 4.25. The van der Waals surface area contributed by atoms with Gasteiger partial charge in [0, 0.05) is 28.7 Å². The molecule has 0 spiro atoms. The number of anilines is 1. The number of carbonyl (C=O) groups is 3. The predicted octanol–water partition coefficient (Wildman–Crippen LogP) is 2.57. The second-order valence-electron chi connectivity index (χ2n) is 6.19. The van der Waals surface area contributed by atoms with Gasteiger partial charge in [0.15, 0.2) is 0 Å². The molecule has 26 heavy (non-hydrogen) atoms. The molecule has 1 heterocycles. The molecule has 2 N–H and O–H groups in total. The number of halogens is 1. The zero-order chi connectivity index (χ0) is 18.7. The Hall–Kier alpha value is -2.67. The lowest BCUT2D eigenvalue weighted by molar-refractivity contribution is -0.126. The van der Waals surface area contributed by atoms with E-state index in [0.717, 1.165) is 15.7 Å². The lowest BCUT2D eigenvalue weighted by Crippen LogP contribution is -2.45. The molecule has 1 saturated heterocycles. The van der Waals surface area contributed by atoms with Gasteiger partial charge in [-0.1, -0.05) is 33.6 Å². The third-order valence-corrected chi connectivity index (χ3v) is 4.78. The van der Waals surface area contributed by atoms with Crippen molar-refractivity contribution < 1.29 is 14.4 Å². The zero-order valence-corrected chi connectivity index (χ0v) is 15.7. The minimum Gasteiger partial charge on any atom is -0.312 e. The van der Waals surface area contributed by atoms with Gasteiger partial charge in [-0.25, -0.2) is 0 Å². The van der Waals surface area contributed by atoms with E-state index in [-0.39, 0.29) is 24.8 Å². The Morgan fingerprint density at radius 2 is 1.69 bits per heavy atom. The second-order valence-corrected chi connectivity index (χ2v) is 7.11. The SMILES string of the molecule is Cc1ccc(C(=O)NNC(=O)[C@@H]2CC(=O)N(c3ccc(Br)cc3)C2)cc1. The molecule has 7 heteroatoms. The molecular weight excluding hydrogens is 398 g/mol. The van der Waals surface area contributed by atoms with E-state index in [9.17, 15) is 14.4 Å². The fraction of sp³-hybridized carbons (Fsp3) is 0.211. The maximum absolute atomic E-state index is 12.3. The van der Waals surface area contributed by atoms with E-state index < -0.39 is 11.8 Å². The van der Waals surface area contributed by atoms with Crippen LogP contribution < -0.4 is 15.8 Å². The Morgan fingerprint density at radius 3 is 2.35 bits per heavy atom. The van der Waals surface area contributed by atoms with E-state index >= 15 is 0 Å². The first kappa shape index (κ1) is 18.1. The highest BCUT2D eigenvalue weighted by Crippen LogP contribution is 2.26. The molecule has 3 rings (SSSR count). The van der Waals surface area contributed by atoms with Gasteiger partial charge in [0.1, 0.15) is 0 Å². The Labute approximate surface area is 159 Å². The van der Waals surface area contributed by atoms with Crippen molar-refractivity contribution in [2.24, 2.45) is 5.92 Å². The summed E-state index contributed by atoms with van der Waals surface area (Å²) in [4.78, 5) is 38.1. The number of hydrogen-bond acceptors (Lipinski definition) is 3. The van der Waals surface area contributed by atoms with Gasteiger partial charge in [-0.15, -0.1) is 0 Å². The molecule has 1 aliphatic rings. The first-order valence-electron chi connectivity index (χ1n) is 8.17. The minimum atomic E-state index is -0.510. The fourth-order valence-corrected chi connectivity index (χ4v) is 3.02. The van der Waals surface area contributed by atoms with E-state index in [1.807, 2.05) is 43.3 Å². The van der Waals surface area contributed by atoms with Crippen molar-refractivity contribution in [1.29, 1.82) is 0 Å². The number of nitrogens with zero attached hydrogens (tertiary/aromatic N) is 1. The highest BCUT2D eigenvalue weighted by Gasteiger charge is 2.35. The molecule has 0 saturated carbocycles. The summed E-state index contributed by atoms with van der Waals surface area (Å²) < 4.78 is 0.918. The van der Waals surface area contributed by atoms with Crippen LogP contribution in [0.1, 0.15) is 22.3 Å². The van der Waals surface area contributed by atoms with Gasteiger partial charge < -0.3 is 4.90 Å². The summed E-state index contributed by atoms with van der Waals surface area (Å²) in [5.41, 5.74) is 7.06. The normalized spacial score (nSPS) is 16.5. The topological polar surface area (TPSA) is 78.5 Å². The van der Waals surface area contributed by atoms with E-state index in [0.29, 0.717) is 5.56 Å². The number of nitrogens with one attached hydrogen (secondary N) is 2. The Balaban J connectivity index is 1.57.